The van der Waals surface area contributed by atoms with E-state index in [1.54, 1.807) is 22.7 Å². The molecule has 0 N–H and O–H groups in total. The number of thiophene rings is 2. The molecule has 4 rings (SSSR count). The van der Waals surface area contributed by atoms with Gasteiger partial charge in [-0.15, -0.1) is 21.5 Å². The molecule has 1 fully saturated rings. The molecule has 6 nitrogen and oxygen atoms in total. The molecule has 142 valence electrons. The number of amides is 1. The van der Waals surface area contributed by atoms with Crippen LogP contribution in [-0.4, -0.2) is 52.1 Å². The Morgan fingerprint density at radius 1 is 1.19 bits per heavy atom. The maximum Gasteiger partial charge on any atom is 0.248 e. The summed E-state index contributed by atoms with van der Waals surface area (Å²) in [5.41, 5.74) is 0.930. The first-order chi connectivity index (χ1) is 13.2. The number of halogens is 1. The lowest BCUT2D eigenvalue weighted by molar-refractivity contribution is -0.133. The second-order valence-electron chi connectivity index (χ2n) is 6.38. The van der Waals surface area contributed by atoms with Crippen molar-refractivity contribution >= 4 is 44.5 Å². The van der Waals surface area contributed by atoms with Crippen molar-refractivity contribution in [3.8, 4) is 11.5 Å². The van der Waals surface area contributed by atoms with Crippen LogP contribution in [0.4, 0.5) is 0 Å². The first kappa shape index (κ1) is 18.8. The number of carbonyl (C=O) groups is 1. The van der Waals surface area contributed by atoms with Gasteiger partial charge < -0.3 is 9.32 Å². The summed E-state index contributed by atoms with van der Waals surface area (Å²) >= 11 is 6.86. The summed E-state index contributed by atoms with van der Waals surface area (Å²) in [6, 6.07) is 6.18. The lowest BCUT2D eigenvalue weighted by Gasteiger charge is -2.34. The van der Waals surface area contributed by atoms with E-state index in [0.717, 1.165) is 42.1 Å². The summed E-state index contributed by atoms with van der Waals surface area (Å²) < 4.78 is 6.82. The van der Waals surface area contributed by atoms with Crippen molar-refractivity contribution in [1.29, 1.82) is 0 Å². The van der Waals surface area contributed by atoms with Gasteiger partial charge in [0.15, 0.2) is 0 Å². The van der Waals surface area contributed by atoms with E-state index < -0.39 is 0 Å². The Hall–Kier alpha value is -1.55. The van der Waals surface area contributed by atoms with E-state index in [2.05, 4.69) is 43.2 Å². The van der Waals surface area contributed by atoms with Crippen LogP contribution < -0.4 is 0 Å². The molecule has 0 aromatic carbocycles. The predicted molar refractivity (Wildman–Crippen MR) is 110 cm³/mol. The molecule has 1 aliphatic rings. The fourth-order valence-electron chi connectivity index (χ4n) is 3.04. The number of aryl methyl sites for hydroxylation is 1. The van der Waals surface area contributed by atoms with Crippen LogP contribution >= 0.6 is 38.6 Å². The molecule has 3 aromatic heterocycles. The largest absolute Gasteiger partial charge is 0.421 e. The molecule has 0 spiro atoms. The normalized spacial score (nSPS) is 15.4. The van der Waals surface area contributed by atoms with Gasteiger partial charge in [-0.05, 0) is 39.5 Å². The number of hydrogen-bond acceptors (Lipinski definition) is 7. The predicted octanol–water partition coefficient (Wildman–Crippen LogP) is 3.90. The number of carbonyl (C=O) groups excluding carboxylic acids is 1. The Labute approximate surface area is 173 Å². The van der Waals surface area contributed by atoms with E-state index >= 15 is 0 Å². The molecule has 1 aliphatic heterocycles. The number of piperazine rings is 1. The quantitative estimate of drug-likeness (QED) is 0.551. The smallest absolute Gasteiger partial charge is 0.248 e. The Kier molecular flexibility index (Phi) is 6.01. The summed E-state index contributed by atoms with van der Waals surface area (Å²) in [7, 11) is 0. The van der Waals surface area contributed by atoms with Gasteiger partial charge in [0.2, 0.25) is 17.7 Å². The van der Waals surface area contributed by atoms with Crippen LogP contribution in [0.3, 0.4) is 0 Å². The highest BCUT2D eigenvalue weighted by Gasteiger charge is 2.22. The number of nitrogens with zero attached hydrogens (tertiary/aromatic N) is 4. The average molecular weight is 467 g/mol. The second kappa shape index (κ2) is 8.64. The van der Waals surface area contributed by atoms with E-state index in [1.807, 2.05) is 21.7 Å². The highest BCUT2D eigenvalue weighted by molar-refractivity contribution is 9.11. The van der Waals surface area contributed by atoms with Gasteiger partial charge in [-0.2, -0.15) is 11.3 Å². The lowest BCUT2D eigenvalue weighted by Crippen LogP contribution is -2.48. The molecule has 0 aliphatic carbocycles. The SMILES string of the molecule is O=C(CCc1nnc(-c2ccsc2)o1)N1CCN(Cc2ccc(Br)s2)CC1. The molecule has 27 heavy (non-hydrogen) atoms. The number of hydrogen-bond donors (Lipinski definition) is 0. The zero-order valence-electron chi connectivity index (χ0n) is 14.6. The fraction of sp³-hybridized carbons (Fsp3) is 0.389. The van der Waals surface area contributed by atoms with Gasteiger partial charge in [-0.1, -0.05) is 0 Å². The van der Waals surface area contributed by atoms with Gasteiger partial charge in [0.05, 0.1) is 3.79 Å². The van der Waals surface area contributed by atoms with E-state index in [1.165, 1.54) is 4.88 Å². The zero-order chi connectivity index (χ0) is 18.6. The minimum Gasteiger partial charge on any atom is -0.421 e. The summed E-state index contributed by atoms with van der Waals surface area (Å²) in [6.45, 7) is 4.31. The third-order valence-electron chi connectivity index (χ3n) is 4.52. The highest BCUT2D eigenvalue weighted by atomic mass is 79.9. The van der Waals surface area contributed by atoms with Gasteiger partial charge >= 0.3 is 0 Å². The first-order valence-electron chi connectivity index (χ1n) is 8.76. The molecule has 0 saturated carbocycles. The molecular weight excluding hydrogens is 448 g/mol. The van der Waals surface area contributed by atoms with Crippen LogP contribution in [0.25, 0.3) is 11.5 Å². The molecular formula is C18H19BrN4O2S2. The first-order valence-corrected chi connectivity index (χ1v) is 11.3. The summed E-state index contributed by atoms with van der Waals surface area (Å²) in [5.74, 6) is 1.20. The Bertz CT molecular complexity index is 885. The van der Waals surface area contributed by atoms with Crippen molar-refractivity contribution in [2.75, 3.05) is 26.2 Å². The highest BCUT2D eigenvalue weighted by Crippen LogP contribution is 2.24. The van der Waals surface area contributed by atoms with Crippen LogP contribution in [0, 0.1) is 0 Å². The number of rotatable bonds is 6. The topological polar surface area (TPSA) is 62.5 Å². The van der Waals surface area contributed by atoms with Crippen LogP contribution in [-0.2, 0) is 17.8 Å². The Morgan fingerprint density at radius 3 is 2.74 bits per heavy atom. The molecule has 0 atom stereocenters. The van der Waals surface area contributed by atoms with Crippen LogP contribution in [0.2, 0.25) is 0 Å². The maximum atomic E-state index is 12.5. The van der Waals surface area contributed by atoms with Gasteiger partial charge in [0.25, 0.3) is 0 Å². The van der Waals surface area contributed by atoms with Crippen molar-refractivity contribution in [3.63, 3.8) is 0 Å². The van der Waals surface area contributed by atoms with Crippen molar-refractivity contribution in [2.45, 2.75) is 19.4 Å². The minimum atomic E-state index is 0.156. The Balaban J connectivity index is 1.23. The number of aromatic nitrogens is 2. The molecule has 0 radical (unpaired) electrons. The van der Waals surface area contributed by atoms with E-state index in [4.69, 9.17) is 4.42 Å². The van der Waals surface area contributed by atoms with Gasteiger partial charge in [0, 0.05) is 61.4 Å². The Morgan fingerprint density at radius 2 is 2.04 bits per heavy atom. The minimum absolute atomic E-state index is 0.156. The average Bonchev–Trinajstić information content (AvgIpc) is 3.42. The van der Waals surface area contributed by atoms with E-state index in [-0.39, 0.29) is 5.91 Å². The molecule has 4 heterocycles. The lowest BCUT2D eigenvalue weighted by atomic mass is 10.2. The zero-order valence-corrected chi connectivity index (χ0v) is 17.9. The van der Waals surface area contributed by atoms with Crippen molar-refractivity contribution in [3.05, 3.63) is 43.5 Å². The fourth-order valence-corrected chi connectivity index (χ4v) is 5.20. The van der Waals surface area contributed by atoms with Crippen LogP contribution in [0.1, 0.15) is 17.2 Å². The van der Waals surface area contributed by atoms with Crippen molar-refractivity contribution in [2.24, 2.45) is 0 Å². The monoisotopic (exact) mass is 466 g/mol. The van der Waals surface area contributed by atoms with Crippen molar-refractivity contribution < 1.29 is 9.21 Å². The molecule has 1 saturated heterocycles. The maximum absolute atomic E-state index is 12.5. The second-order valence-corrected chi connectivity index (χ2v) is 9.70. The summed E-state index contributed by atoms with van der Waals surface area (Å²) in [6.07, 6.45) is 0.891. The van der Waals surface area contributed by atoms with Crippen molar-refractivity contribution in [1.82, 2.24) is 20.0 Å². The van der Waals surface area contributed by atoms with Gasteiger partial charge in [-0.3, -0.25) is 9.69 Å². The van der Waals surface area contributed by atoms with Crippen LogP contribution in [0.5, 0.6) is 0 Å². The van der Waals surface area contributed by atoms with Gasteiger partial charge in [0.1, 0.15) is 0 Å². The molecule has 3 aromatic rings. The summed E-state index contributed by atoms with van der Waals surface area (Å²) in [5, 5.41) is 12.1. The molecule has 0 unspecified atom stereocenters. The summed E-state index contributed by atoms with van der Waals surface area (Å²) in [4.78, 5) is 18.2. The third kappa shape index (κ3) is 4.84. The third-order valence-corrected chi connectivity index (χ3v) is 6.81. The van der Waals surface area contributed by atoms with E-state index in [9.17, 15) is 4.79 Å². The molecule has 9 heteroatoms. The molecule has 1 amide bonds. The van der Waals surface area contributed by atoms with Gasteiger partial charge in [-0.25, -0.2) is 0 Å². The van der Waals surface area contributed by atoms with E-state index in [0.29, 0.717) is 24.6 Å². The molecule has 0 bridgehead atoms. The van der Waals surface area contributed by atoms with Crippen LogP contribution in [0.15, 0.2) is 37.2 Å². The standard InChI is InChI=1S/C18H19BrN4O2S2/c19-15-2-1-14(27-15)11-22-6-8-23(9-7-22)17(24)4-3-16-20-21-18(25-16)13-5-10-26-12-13/h1-2,5,10,12H,3-4,6-9,11H2.